The zero-order valence-corrected chi connectivity index (χ0v) is 18.6. The van der Waals surface area contributed by atoms with Crippen LogP contribution in [0.1, 0.15) is 30.3 Å². The van der Waals surface area contributed by atoms with Gasteiger partial charge in [0.2, 0.25) is 5.91 Å². The Balaban J connectivity index is 1.34. The second-order valence-corrected chi connectivity index (χ2v) is 8.30. The van der Waals surface area contributed by atoms with Crippen molar-refractivity contribution in [1.29, 1.82) is 0 Å². The van der Waals surface area contributed by atoms with Crippen molar-refractivity contribution < 1.29 is 14.3 Å². The van der Waals surface area contributed by atoms with Crippen LogP contribution < -0.4 is 14.8 Å². The summed E-state index contributed by atoms with van der Waals surface area (Å²) in [5, 5.41) is 12.2. The number of amides is 1. The summed E-state index contributed by atoms with van der Waals surface area (Å²) in [6.07, 6.45) is 2.48. The predicted octanol–water partition coefficient (Wildman–Crippen LogP) is 3.86. The van der Waals surface area contributed by atoms with Crippen LogP contribution in [0.25, 0.3) is 0 Å². The van der Waals surface area contributed by atoms with Gasteiger partial charge in [-0.25, -0.2) is 0 Å². The van der Waals surface area contributed by atoms with Crippen LogP contribution in [0, 0.1) is 0 Å². The molecule has 0 radical (unpaired) electrons. The number of thioether (sulfide) groups is 1. The van der Waals surface area contributed by atoms with Gasteiger partial charge in [0.25, 0.3) is 0 Å². The van der Waals surface area contributed by atoms with Gasteiger partial charge in [0, 0.05) is 25.6 Å². The first kappa shape index (κ1) is 21.2. The van der Waals surface area contributed by atoms with Gasteiger partial charge in [0.15, 0.2) is 16.7 Å². The van der Waals surface area contributed by atoms with E-state index in [1.165, 1.54) is 17.3 Å². The molecule has 0 fully saturated rings. The normalized spacial score (nSPS) is 13.0. The fraction of sp³-hybridized carbons (Fsp3) is 0.348. The molecule has 3 aromatic rings. The second-order valence-electron chi connectivity index (χ2n) is 7.35. The quantitative estimate of drug-likeness (QED) is 0.565. The lowest BCUT2D eigenvalue weighted by atomic mass is 10.1. The number of nitrogens with zero attached hydrogens (tertiary/aromatic N) is 3. The van der Waals surface area contributed by atoms with Crippen LogP contribution in [0.4, 0.5) is 5.69 Å². The molecule has 0 unspecified atom stereocenters. The number of aryl methyl sites for hydroxylation is 1. The first-order valence-corrected chi connectivity index (χ1v) is 11.4. The minimum Gasteiger partial charge on any atom is -0.490 e. The van der Waals surface area contributed by atoms with E-state index in [0.717, 1.165) is 41.4 Å². The van der Waals surface area contributed by atoms with Crippen LogP contribution in [0.3, 0.4) is 0 Å². The summed E-state index contributed by atoms with van der Waals surface area (Å²) in [4.78, 5) is 12.3. The van der Waals surface area contributed by atoms with E-state index in [9.17, 15) is 4.79 Å². The summed E-state index contributed by atoms with van der Waals surface area (Å²) in [5.41, 5.74) is 3.12. The number of anilines is 1. The number of carbonyl (C=O) groups excluding carboxylic acids is 1. The first-order valence-electron chi connectivity index (χ1n) is 10.4. The number of benzene rings is 2. The predicted molar refractivity (Wildman–Crippen MR) is 121 cm³/mol. The monoisotopic (exact) mass is 438 g/mol. The maximum absolute atomic E-state index is 12.3. The van der Waals surface area contributed by atoms with Crippen LogP contribution in [-0.2, 0) is 24.7 Å². The highest BCUT2D eigenvalue weighted by atomic mass is 32.2. The zero-order chi connectivity index (χ0) is 21.6. The molecule has 162 valence electrons. The third-order valence-corrected chi connectivity index (χ3v) is 6.10. The average Bonchev–Trinajstić information content (AvgIpc) is 2.98. The molecule has 0 saturated heterocycles. The maximum atomic E-state index is 12.3. The molecule has 8 heteroatoms. The fourth-order valence-electron chi connectivity index (χ4n) is 3.28. The molecule has 4 rings (SSSR count). The lowest BCUT2D eigenvalue weighted by Crippen LogP contribution is -2.14. The number of carbonyl (C=O) groups is 1. The van der Waals surface area contributed by atoms with E-state index in [2.05, 4.69) is 22.4 Å². The number of rotatable bonds is 7. The van der Waals surface area contributed by atoms with Gasteiger partial charge in [-0.2, -0.15) is 0 Å². The minimum absolute atomic E-state index is 0.0679. The number of hydrogen-bond donors (Lipinski definition) is 1. The molecule has 2 heterocycles. The van der Waals surface area contributed by atoms with Gasteiger partial charge in [-0.05, 0) is 41.8 Å². The molecule has 7 nitrogen and oxygen atoms in total. The Hall–Kier alpha value is -3.00. The first-order chi connectivity index (χ1) is 15.1. The lowest BCUT2D eigenvalue weighted by Gasteiger charge is -2.09. The average molecular weight is 439 g/mol. The van der Waals surface area contributed by atoms with Gasteiger partial charge in [0.1, 0.15) is 5.82 Å². The lowest BCUT2D eigenvalue weighted by molar-refractivity contribution is -0.113. The molecule has 1 aliphatic rings. The van der Waals surface area contributed by atoms with Gasteiger partial charge in [-0.1, -0.05) is 36.9 Å². The molecule has 1 aliphatic heterocycles. The molecule has 31 heavy (non-hydrogen) atoms. The highest BCUT2D eigenvalue weighted by molar-refractivity contribution is 7.99. The van der Waals surface area contributed by atoms with E-state index in [0.29, 0.717) is 24.8 Å². The molecular formula is C23H26N4O3S. The van der Waals surface area contributed by atoms with E-state index in [1.54, 1.807) is 0 Å². The zero-order valence-electron chi connectivity index (χ0n) is 17.8. The third kappa shape index (κ3) is 5.38. The van der Waals surface area contributed by atoms with E-state index in [-0.39, 0.29) is 11.7 Å². The third-order valence-electron chi connectivity index (χ3n) is 5.08. The Labute approximate surface area is 186 Å². The smallest absolute Gasteiger partial charge is 0.234 e. The van der Waals surface area contributed by atoms with Crippen LogP contribution in [-0.4, -0.2) is 39.6 Å². The molecular weight excluding hydrogens is 412 g/mol. The van der Waals surface area contributed by atoms with E-state index >= 15 is 0 Å². The van der Waals surface area contributed by atoms with Crippen molar-refractivity contribution in [2.75, 3.05) is 24.3 Å². The Morgan fingerprint density at radius 1 is 1.06 bits per heavy atom. The Morgan fingerprint density at radius 2 is 1.81 bits per heavy atom. The summed E-state index contributed by atoms with van der Waals surface area (Å²) in [6.45, 7) is 3.44. The molecule has 0 saturated carbocycles. The molecule has 1 N–H and O–H groups in total. The Kier molecular flexibility index (Phi) is 6.76. The molecule has 0 atom stereocenters. The van der Waals surface area contributed by atoms with Crippen molar-refractivity contribution in [3.05, 3.63) is 59.4 Å². The van der Waals surface area contributed by atoms with Crippen molar-refractivity contribution in [1.82, 2.24) is 14.8 Å². The van der Waals surface area contributed by atoms with Crippen LogP contribution in [0.5, 0.6) is 11.5 Å². The molecule has 0 bridgehead atoms. The van der Waals surface area contributed by atoms with Crippen LogP contribution in [0.2, 0.25) is 0 Å². The van der Waals surface area contributed by atoms with Crippen molar-refractivity contribution in [2.45, 2.75) is 31.3 Å². The highest BCUT2D eigenvalue weighted by Gasteiger charge is 2.15. The molecule has 1 amide bonds. The molecule has 2 aromatic carbocycles. The van der Waals surface area contributed by atoms with Gasteiger partial charge in [0.05, 0.1) is 19.0 Å². The van der Waals surface area contributed by atoms with Gasteiger partial charge in [-0.15, -0.1) is 10.2 Å². The van der Waals surface area contributed by atoms with Gasteiger partial charge in [-0.3, -0.25) is 4.79 Å². The van der Waals surface area contributed by atoms with Gasteiger partial charge >= 0.3 is 0 Å². The van der Waals surface area contributed by atoms with E-state index in [1.807, 2.05) is 54.1 Å². The number of hydrogen-bond acceptors (Lipinski definition) is 6. The molecule has 0 spiro atoms. The molecule has 0 aliphatic carbocycles. The van der Waals surface area contributed by atoms with Crippen LogP contribution >= 0.6 is 11.8 Å². The largest absolute Gasteiger partial charge is 0.490 e. The van der Waals surface area contributed by atoms with Gasteiger partial charge < -0.3 is 19.4 Å². The highest BCUT2D eigenvalue weighted by Crippen LogP contribution is 2.31. The summed E-state index contributed by atoms with van der Waals surface area (Å²) in [7, 11) is 1.92. The fourth-order valence-corrected chi connectivity index (χ4v) is 4.01. The SMILES string of the molecule is CCc1ccc(NC(=O)CSc2nnc(Cc3ccc4c(c3)OCCCO4)n2C)cc1. The number of fused-ring (bicyclic) bond motifs is 1. The maximum Gasteiger partial charge on any atom is 0.234 e. The molecule has 1 aromatic heterocycles. The number of aromatic nitrogens is 3. The van der Waals surface area contributed by atoms with E-state index in [4.69, 9.17) is 9.47 Å². The summed E-state index contributed by atoms with van der Waals surface area (Å²) >= 11 is 1.37. The van der Waals surface area contributed by atoms with E-state index < -0.39 is 0 Å². The summed E-state index contributed by atoms with van der Waals surface area (Å²) < 4.78 is 13.4. The van der Waals surface area contributed by atoms with Crippen molar-refractivity contribution in [2.24, 2.45) is 7.05 Å². The second kappa shape index (κ2) is 9.87. The topological polar surface area (TPSA) is 78.3 Å². The Bertz CT molecular complexity index is 1050. The van der Waals surface area contributed by atoms with Crippen molar-refractivity contribution in [3.8, 4) is 11.5 Å². The minimum atomic E-state index is -0.0679. The number of nitrogens with one attached hydrogen (secondary N) is 1. The summed E-state index contributed by atoms with van der Waals surface area (Å²) in [5.74, 6) is 2.58. The number of ether oxygens (including phenoxy) is 2. The van der Waals surface area contributed by atoms with Crippen molar-refractivity contribution >= 4 is 23.4 Å². The standard InChI is InChI=1S/C23H26N4O3S/c1-3-16-5-8-18(9-6-16)24-22(28)15-31-23-26-25-21(27(23)2)14-17-7-10-19-20(13-17)30-12-4-11-29-19/h5-10,13H,3-4,11-12,14-15H2,1-2H3,(H,24,28). The summed E-state index contributed by atoms with van der Waals surface area (Å²) in [6, 6.07) is 13.9. The van der Waals surface area contributed by atoms with Crippen molar-refractivity contribution in [3.63, 3.8) is 0 Å². The Morgan fingerprint density at radius 3 is 2.58 bits per heavy atom. The van der Waals surface area contributed by atoms with Crippen LogP contribution in [0.15, 0.2) is 47.6 Å².